The van der Waals surface area contributed by atoms with Gasteiger partial charge in [0.2, 0.25) is 0 Å². The first-order chi connectivity index (χ1) is 26.0. The summed E-state index contributed by atoms with van der Waals surface area (Å²) < 4.78 is 0. The number of benzene rings is 4. The van der Waals surface area contributed by atoms with Crippen molar-refractivity contribution in [3.8, 4) is 45.6 Å². The molecule has 4 aromatic carbocycles. The van der Waals surface area contributed by atoms with Gasteiger partial charge in [0, 0.05) is 43.8 Å². The summed E-state index contributed by atoms with van der Waals surface area (Å²) in [6, 6.07) is 23.8. The van der Waals surface area contributed by atoms with E-state index in [-0.39, 0.29) is 21.8 Å². The van der Waals surface area contributed by atoms with Crippen LogP contribution < -0.4 is 0 Å². The van der Waals surface area contributed by atoms with Gasteiger partial charge in [0.25, 0.3) is 0 Å². The van der Waals surface area contributed by atoms with Crippen molar-refractivity contribution in [2.45, 2.75) is 78.6 Å². The molecule has 0 fully saturated rings. The monoisotopic (exact) mass is 726 g/mol. The van der Waals surface area contributed by atoms with E-state index in [9.17, 15) is 9.90 Å². The van der Waals surface area contributed by atoms with Crippen LogP contribution in [0.4, 0.5) is 0 Å². The fraction of sp³-hybridized carbons (Fsp3) is 0.267. The predicted octanol–water partition coefficient (Wildman–Crippen LogP) is 10.5. The quantitative estimate of drug-likeness (QED) is 0.151. The zero-order valence-corrected chi connectivity index (χ0v) is 32.5. The van der Waals surface area contributed by atoms with Crippen LogP contribution in [-0.4, -0.2) is 50.9 Å². The molecule has 2 aliphatic heterocycles. The largest absolute Gasteiger partial charge is 0.478 e. The van der Waals surface area contributed by atoms with Gasteiger partial charge in [-0.05, 0) is 57.2 Å². The lowest BCUT2D eigenvalue weighted by molar-refractivity contribution is 0.0697. The summed E-state index contributed by atoms with van der Waals surface area (Å²) in [4.78, 5) is 50.4. The van der Waals surface area contributed by atoms with Crippen molar-refractivity contribution in [3.63, 3.8) is 0 Å². The molecule has 0 saturated carbocycles. The molecule has 0 radical (unpaired) electrons. The van der Waals surface area contributed by atoms with E-state index in [0.29, 0.717) is 57.0 Å². The van der Waals surface area contributed by atoms with E-state index in [0.717, 1.165) is 49.4 Å². The smallest absolute Gasteiger partial charge is 0.335 e. The average molecular weight is 727 g/mol. The summed E-state index contributed by atoms with van der Waals surface area (Å²) >= 11 is 0. The standard InChI is InChI=1S/C45H42N8O2/c1-43(2,3)23-17-19-25-29(21-23)39-48-34-24-18-16-22(42(54)55)20-28(24)38(47-34)50-37-27-13-11-15-31(45(7,8)9)33(27)41(52-37)53-40-32-26(36(51-40)46-35(25)49-39)12-10-14-30(32)44(4,5)6/h10-21H,1-9H3,(H,54,55)(H2,46,47,48,49,50,51,52,53). The minimum Gasteiger partial charge on any atom is -0.478 e. The van der Waals surface area contributed by atoms with Gasteiger partial charge in [-0.3, -0.25) is 0 Å². The lowest BCUT2D eigenvalue weighted by atomic mass is 9.82. The molecular formula is C45H42N8O2. The van der Waals surface area contributed by atoms with Gasteiger partial charge in [-0.25, -0.2) is 34.7 Å². The number of carboxylic acid groups (broad SMARTS) is 1. The van der Waals surface area contributed by atoms with Crippen LogP contribution in [-0.2, 0) is 16.2 Å². The Hall–Kier alpha value is -6.29. The molecular weight excluding hydrogens is 685 g/mol. The first-order valence-electron chi connectivity index (χ1n) is 18.6. The molecule has 0 amide bonds. The first-order valence-corrected chi connectivity index (χ1v) is 18.6. The number of aromatic amines is 2. The summed E-state index contributed by atoms with van der Waals surface area (Å²) in [5, 5.41) is 13.6. The molecule has 5 heterocycles. The SMILES string of the molecule is CC(C)(C)c1ccc2c3nc4nc(nc5[nH]c(nc6nc(nc([nH]3)c2c1)-c1ccc(C(=O)O)cc1-6)c1cccc(C(C)(C)C)c51)-c1c-4cccc1C(C)(C)C. The molecule has 8 bridgehead atoms. The molecule has 7 aromatic rings. The minimum atomic E-state index is -1.04. The van der Waals surface area contributed by atoms with Crippen molar-refractivity contribution in [2.24, 2.45) is 0 Å². The van der Waals surface area contributed by atoms with Crippen LogP contribution in [0.3, 0.4) is 0 Å². The highest BCUT2D eigenvalue weighted by Crippen LogP contribution is 2.43. The third kappa shape index (κ3) is 5.58. The zero-order chi connectivity index (χ0) is 38.8. The van der Waals surface area contributed by atoms with Gasteiger partial charge in [0.05, 0.1) is 5.56 Å². The number of aromatic carboxylic acids is 1. The molecule has 0 spiro atoms. The Morgan fingerprint density at radius 3 is 1.78 bits per heavy atom. The highest BCUT2D eigenvalue weighted by Gasteiger charge is 2.29. The Kier molecular flexibility index (Phi) is 7.27. The van der Waals surface area contributed by atoms with Crippen molar-refractivity contribution in [2.75, 3.05) is 0 Å². The maximum absolute atomic E-state index is 12.2. The average Bonchev–Trinajstić information content (AvgIpc) is 3.85. The Balaban J connectivity index is 1.51. The molecule has 3 N–H and O–H groups in total. The predicted molar refractivity (Wildman–Crippen MR) is 219 cm³/mol. The van der Waals surface area contributed by atoms with E-state index < -0.39 is 5.97 Å². The van der Waals surface area contributed by atoms with Gasteiger partial charge in [-0.15, -0.1) is 0 Å². The molecule has 0 unspecified atom stereocenters. The molecule has 9 rings (SSSR count). The number of carboxylic acids is 1. The second-order valence-electron chi connectivity index (χ2n) is 17.6. The summed E-state index contributed by atoms with van der Waals surface area (Å²) in [5.41, 5.74) is 8.41. The van der Waals surface area contributed by atoms with Crippen molar-refractivity contribution in [1.29, 1.82) is 0 Å². The Labute approximate surface area is 318 Å². The van der Waals surface area contributed by atoms with E-state index >= 15 is 0 Å². The van der Waals surface area contributed by atoms with Crippen LogP contribution in [0.1, 0.15) is 89.4 Å². The molecule has 0 saturated heterocycles. The van der Waals surface area contributed by atoms with Gasteiger partial charge in [0.15, 0.2) is 23.3 Å². The maximum Gasteiger partial charge on any atom is 0.335 e. The number of hydrogen-bond acceptors (Lipinski definition) is 7. The molecule has 2 aliphatic rings. The fourth-order valence-corrected chi connectivity index (χ4v) is 7.74. The highest BCUT2D eigenvalue weighted by molar-refractivity contribution is 6.08. The maximum atomic E-state index is 12.2. The number of hydrogen-bond donors (Lipinski definition) is 3. The Morgan fingerprint density at radius 2 is 1.09 bits per heavy atom. The van der Waals surface area contributed by atoms with Crippen LogP contribution in [0.5, 0.6) is 0 Å². The fourth-order valence-electron chi connectivity index (χ4n) is 7.74. The summed E-state index contributed by atoms with van der Waals surface area (Å²) in [6.45, 7) is 19.7. The molecule has 0 aliphatic carbocycles. The zero-order valence-electron chi connectivity index (χ0n) is 32.5. The van der Waals surface area contributed by atoms with Gasteiger partial charge in [-0.1, -0.05) is 111 Å². The normalized spacial score (nSPS) is 13.0. The highest BCUT2D eigenvalue weighted by atomic mass is 16.4. The number of rotatable bonds is 1. The molecule has 10 heteroatoms. The number of aromatic nitrogens is 8. The molecule has 10 nitrogen and oxygen atoms in total. The van der Waals surface area contributed by atoms with E-state index in [1.54, 1.807) is 18.2 Å². The van der Waals surface area contributed by atoms with E-state index in [1.807, 2.05) is 12.1 Å². The van der Waals surface area contributed by atoms with Crippen LogP contribution in [0.15, 0.2) is 72.8 Å². The number of carbonyl (C=O) groups is 1. The lowest BCUT2D eigenvalue weighted by Crippen LogP contribution is -2.13. The van der Waals surface area contributed by atoms with E-state index in [1.165, 1.54) is 0 Å². The van der Waals surface area contributed by atoms with Gasteiger partial charge < -0.3 is 15.1 Å². The second kappa shape index (κ2) is 11.6. The van der Waals surface area contributed by atoms with Crippen molar-refractivity contribution in [3.05, 3.63) is 95.1 Å². The third-order valence-corrected chi connectivity index (χ3v) is 10.6. The Morgan fingerprint density at radius 1 is 0.509 bits per heavy atom. The van der Waals surface area contributed by atoms with Crippen LogP contribution >= 0.6 is 0 Å². The van der Waals surface area contributed by atoms with Gasteiger partial charge >= 0.3 is 5.97 Å². The van der Waals surface area contributed by atoms with E-state index in [4.69, 9.17) is 29.9 Å². The second-order valence-corrected chi connectivity index (χ2v) is 17.6. The minimum absolute atomic E-state index is 0.118. The van der Waals surface area contributed by atoms with Crippen LogP contribution in [0.2, 0.25) is 0 Å². The third-order valence-electron chi connectivity index (χ3n) is 10.6. The Bertz CT molecular complexity index is 2970. The first kappa shape index (κ1) is 34.5. The number of nitrogens with zero attached hydrogens (tertiary/aromatic N) is 6. The summed E-state index contributed by atoms with van der Waals surface area (Å²) in [5.74, 6) is 0.847. The van der Waals surface area contributed by atoms with Gasteiger partial charge in [-0.2, -0.15) is 0 Å². The van der Waals surface area contributed by atoms with Crippen molar-refractivity contribution < 1.29 is 9.90 Å². The molecule has 55 heavy (non-hydrogen) atoms. The van der Waals surface area contributed by atoms with Gasteiger partial charge in [0.1, 0.15) is 22.6 Å². The lowest BCUT2D eigenvalue weighted by Gasteiger charge is -2.22. The number of fused-ring (bicyclic) bond motifs is 20. The van der Waals surface area contributed by atoms with Crippen molar-refractivity contribution in [1.82, 2.24) is 39.9 Å². The number of nitrogens with one attached hydrogen (secondary N) is 2. The molecule has 274 valence electrons. The van der Waals surface area contributed by atoms with Crippen LogP contribution in [0, 0.1) is 0 Å². The summed E-state index contributed by atoms with van der Waals surface area (Å²) in [6.07, 6.45) is 0. The summed E-state index contributed by atoms with van der Waals surface area (Å²) in [7, 11) is 0. The van der Waals surface area contributed by atoms with Crippen LogP contribution in [0.25, 0.3) is 89.7 Å². The molecule has 3 aromatic heterocycles. The van der Waals surface area contributed by atoms with Crippen molar-refractivity contribution >= 4 is 50.1 Å². The molecule has 0 atom stereocenters. The topological polar surface area (TPSA) is 146 Å². The van der Waals surface area contributed by atoms with E-state index in [2.05, 4.69) is 115 Å². The number of H-pyrrole nitrogens is 2.